The molecule has 1 N–H and O–H groups in total. The lowest BCUT2D eigenvalue weighted by Gasteiger charge is -1.90. The number of rotatable bonds is 2. The molecule has 0 aliphatic carbocycles. The van der Waals surface area contributed by atoms with Crippen molar-refractivity contribution in [1.29, 1.82) is 0 Å². The molecular formula is C5H6O2S2. The Balaban J connectivity index is 2.35. The molecule has 2 nitrogen and oxygen atoms in total. The summed E-state index contributed by atoms with van der Waals surface area (Å²) in [6.45, 7) is 0. The van der Waals surface area contributed by atoms with Gasteiger partial charge in [0.05, 0.1) is 6.42 Å². The first-order valence-corrected chi connectivity index (χ1v) is 4.85. The lowest BCUT2D eigenvalue weighted by Crippen LogP contribution is -1.96. The maximum Gasteiger partial charge on any atom is 0.307 e. The van der Waals surface area contributed by atoms with Crippen LogP contribution in [0.1, 0.15) is 6.42 Å². The molecule has 1 aliphatic rings. The Morgan fingerprint density at radius 2 is 2.67 bits per heavy atom. The van der Waals surface area contributed by atoms with Gasteiger partial charge in [0.15, 0.2) is 0 Å². The number of hydrogen-bond acceptors (Lipinski definition) is 3. The Morgan fingerprint density at radius 1 is 1.89 bits per heavy atom. The molecular weight excluding hydrogens is 156 g/mol. The van der Waals surface area contributed by atoms with Crippen molar-refractivity contribution in [3.63, 3.8) is 0 Å². The van der Waals surface area contributed by atoms with Gasteiger partial charge in [-0.05, 0) is 11.0 Å². The van der Waals surface area contributed by atoms with Crippen molar-refractivity contribution in [2.24, 2.45) is 0 Å². The van der Waals surface area contributed by atoms with Crippen LogP contribution in [0, 0.1) is 0 Å². The van der Waals surface area contributed by atoms with Crippen molar-refractivity contribution in [3.05, 3.63) is 11.0 Å². The van der Waals surface area contributed by atoms with Crippen LogP contribution in [0.3, 0.4) is 0 Å². The van der Waals surface area contributed by atoms with Crippen LogP contribution in [-0.2, 0) is 4.79 Å². The second kappa shape index (κ2) is 3.17. The standard InChI is InChI=1S/C5H6O2S2/c6-5(7)1-4-2-8-9-3-4/h2H,1,3H2,(H,6,7). The third kappa shape index (κ3) is 2.32. The maximum atomic E-state index is 10.1. The van der Waals surface area contributed by atoms with Crippen LogP contribution in [0.2, 0.25) is 0 Å². The summed E-state index contributed by atoms with van der Waals surface area (Å²) in [6.07, 6.45) is 0.208. The molecule has 0 amide bonds. The topological polar surface area (TPSA) is 37.3 Å². The molecule has 0 atom stereocenters. The molecule has 50 valence electrons. The number of aliphatic carboxylic acids is 1. The molecule has 1 aliphatic heterocycles. The van der Waals surface area contributed by atoms with E-state index in [-0.39, 0.29) is 6.42 Å². The molecule has 0 aromatic rings. The van der Waals surface area contributed by atoms with Crippen LogP contribution in [0.5, 0.6) is 0 Å². The Hall–Kier alpha value is -0.0900. The van der Waals surface area contributed by atoms with Gasteiger partial charge in [-0.2, -0.15) is 0 Å². The van der Waals surface area contributed by atoms with Gasteiger partial charge < -0.3 is 5.11 Å². The lowest BCUT2D eigenvalue weighted by molar-refractivity contribution is -0.136. The molecule has 1 rings (SSSR count). The number of carboxylic acids is 1. The van der Waals surface area contributed by atoms with Gasteiger partial charge in [-0.15, -0.1) is 0 Å². The van der Waals surface area contributed by atoms with Crippen LogP contribution < -0.4 is 0 Å². The summed E-state index contributed by atoms with van der Waals surface area (Å²) in [4.78, 5) is 10.1. The molecule has 0 fully saturated rings. The van der Waals surface area contributed by atoms with Gasteiger partial charge in [0.1, 0.15) is 0 Å². The van der Waals surface area contributed by atoms with Gasteiger partial charge in [0.25, 0.3) is 0 Å². The second-order valence-corrected chi connectivity index (χ2v) is 3.94. The van der Waals surface area contributed by atoms with Crippen LogP contribution in [0.4, 0.5) is 0 Å². The summed E-state index contributed by atoms with van der Waals surface area (Å²) in [5.74, 6) is 0.140. The summed E-state index contributed by atoms with van der Waals surface area (Å²) in [7, 11) is 3.30. The molecule has 0 aromatic heterocycles. The minimum Gasteiger partial charge on any atom is -0.481 e. The van der Waals surface area contributed by atoms with E-state index in [2.05, 4.69) is 0 Å². The van der Waals surface area contributed by atoms with E-state index in [0.717, 1.165) is 11.3 Å². The minimum absolute atomic E-state index is 0.208. The first-order chi connectivity index (χ1) is 4.29. The smallest absolute Gasteiger partial charge is 0.307 e. The molecule has 1 heterocycles. The van der Waals surface area contributed by atoms with E-state index < -0.39 is 5.97 Å². The van der Waals surface area contributed by atoms with Crippen molar-refractivity contribution in [1.82, 2.24) is 0 Å². The van der Waals surface area contributed by atoms with E-state index in [9.17, 15) is 4.79 Å². The highest BCUT2D eigenvalue weighted by molar-refractivity contribution is 8.78. The SMILES string of the molecule is O=C(O)CC1=CSSC1. The van der Waals surface area contributed by atoms with Crippen molar-refractivity contribution in [2.45, 2.75) is 6.42 Å². The summed E-state index contributed by atoms with van der Waals surface area (Å²) in [6, 6.07) is 0. The highest BCUT2D eigenvalue weighted by Crippen LogP contribution is 2.34. The van der Waals surface area contributed by atoms with Crippen molar-refractivity contribution in [2.75, 3.05) is 5.75 Å². The van der Waals surface area contributed by atoms with E-state index in [1.165, 1.54) is 0 Å². The molecule has 0 aromatic carbocycles. The van der Waals surface area contributed by atoms with Gasteiger partial charge in [0, 0.05) is 5.75 Å². The molecule has 0 unspecified atom stereocenters. The fourth-order valence-electron chi connectivity index (χ4n) is 0.533. The predicted molar refractivity (Wildman–Crippen MR) is 40.4 cm³/mol. The normalized spacial score (nSPS) is 17.6. The van der Waals surface area contributed by atoms with Crippen molar-refractivity contribution < 1.29 is 9.90 Å². The zero-order valence-corrected chi connectivity index (χ0v) is 6.30. The average molecular weight is 162 g/mol. The monoisotopic (exact) mass is 162 g/mol. The van der Waals surface area contributed by atoms with Gasteiger partial charge in [-0.1, -0.05) is 21.6 Å². The third-order valence-electron chi connectivity index (χ3n) is 0.905. The fourth-order valence-corrected chi connectivity index (χ4v) is 2.68. The number of carboxylic acid groups (broad SMARTS) is 1. The molecule has 4 heteroatoms. The molecule has 0 radical (unpaired) electrons. The Morgan fingerprint density at radius 3 is 3.11 bits per heavy atom. The van der Waals surface area contributed by atoms with E-state index in [4.69, 9.17) is 5.11 Å². The van der Waals surface area contributed by atoms with Gasteiger partial charge in [-0.25, -0.2) is 0 Å². The molecule has 0 spiro atoms. The highest BCUT2D eigenvalue weighted by Gasteiger charge is 2.08. The van der Waals surface area contributed by atoms with Gasteiger partial charge in [-0.3, -0.25) is 4.79 Å². The first kappa shape index (κ1) is 7.02. The summed E-state index contributed by atoms with van der Waals surface area (Å²) < 4.78 is 0. The molecule has 0 bridgehead atoms. The quantitative estimate of drug-likeness (QED) is 0.627. The van der Waals surface area contributed by atoms with Crippen LogP contribution in [0.25, 0.3) is 0 Å². The lowest BCUT2D eigenvalue weighted by atomic mass is 10.2. The summed E-state index contributed by atoms with van der Waals surface area (Å²) >= 11 is 0. The largest absolute Gasteiger partial charge is 0.481 e. The van der Waals surface area contributed by atoms with Crippen LogP contribution >= 0.6 is 21.6 Å². The van der Waals surface area contributed by atoms with Crippen molar-refractivity contribution in [3.8, 4) is 0 Å². The zero-order valence-electron chi connectivity index (χ0n) is 4.66. The van der Waals surface area contributed by atoms with E-state index in [1.54, 1.807) is 21.6 Å². The summed E-state index contributed by atoms with van der Waals surface area (Å²) in [5, 5.41) is 10.2. The third-order valence-corrected chi connectivity index (χ3v) is 3.01. The second-order valence-electron chi connectivity index (χ2n) is 1.71. The van der Waals surface area contributed by atoms with Gasteiger partial charge >= 0.3 is 5.97 Å². The van der Waals surface area contributed by atoms with Crippen LogP contribution in [-0.4, -0.2) is 16.8 Å². The van der Waals surface area contributed by atoms with Crippen molar-refractivity contribution >= 4 is 27.6 Å². The molecule has 9 heavy (non-hydrogen) atoms. The molecule has 0 saturated heterocycles. The average Bonchev–Trinajstić information content (AvgIpc) is 2.15. The Bertz CT molecular complexity index is 153. The predicted octanol–water partition coefficient (Wildman–Crippen LogP) is 1.74. The highest BCUT2D eigenvalue weighted by atomic mass is 33.1. The Labute approximate surface area is 61.1 Å². The molecule has 0 saturated carbocycles. The van der Waals surface area contributed by atoms with Gasteiger partial charge in [0.2, 0.25) is 0 Å². The maximum absolute atomic E-state index is 10.1. The number of hydrogen-bond donors (Lipinski definition) is 1. The van der Waals surface area contributed by atoms with E-state index in [0.29, 0.717) is 0 Å². The first-order valence-electron chi connectivity index (χ1n) is 2.47. The Kier molecular flexibility index (Phi) is 2.48. The van der Waals surface area contributed by atoms with E-state index in [1.807, 2.05) is 5.41 Å². The number of carbonyl (C=O) groups is 1. The zero-order chi connectivity index (χ0) is 6.69. The summed E-state index contributed by atoms with van der Waals surface area (Å²) in [5.41, 5.74) is 1.03. The minimum atomic E-state index is -0.732. The van der Waals surface area contributed by atoms with E-state index >= 15 is 0 Å². The van der Waals surface area contributed by atoms with Crippen LogP contribution in [0.15, 0.2) is 11.0 Å². The fraction of sp³-hybridized carbons (Fsp3) is 0.400.